The van der Waals surface area contributed by atoms with Gasteiger partial charge in [-0.2, -0.15) is 18.1 Å². The minimum absolute atomic E-state index is 0.00573. The van der Waals surface area contributed by atoms with Gasteiger partial charge in [0.25, 0.3) is 0 Å². The second kappa shape index (κ2) is 14.5. The molecule has 9 nitrogen and oxygen atoms in total. The van der Waals surface area contributed by atoms with Gasteiger partial charge in [0.05, 0.1) is 19.3 Å². The molecule has 1 aromatic rings. The van der Waals surface area contributed by atoms with Crippen molar-refractivity contribution in [3.8, 4) is 0 Å². The van der Waals surface area contributed by atoms with E-state index in [9.17, 15) is 27.6 Å². The highest BCUT2D eigenvalue weighted by Gasteiger charge is 2.44. The van der Waals surface area contributed by atoms with Crippen LogP contribution in [-0.2, 0) is 34.9 Å². The quantitative estimate of drug-likeness (QED) is 0.201. The number of carbonyl (C=O) groups excluding carboxylic acids is 3. The van der Waals surface area contributed by atoms with Crippen molar-refractivity contribution in [2.45, 2.75) is 110 Å². The molecule has 12 heteroatoms. The lowest BCUT2D eigenvalue weighted by Gasteiger charge is -2.33. The van der Waals surface area contributed by atoms with Gasteiger partial charge in [0.2, 0.25) is 0 Å². The van der Waals surface area contributed by atoms with Crippen LogP contribution in [0.4, 0.5) is 22.8 Å². The molecule has 0 aromatic heterocycles. The number of hydrogen-bond acceptors (Lipinski definition) is 8. The topological polar surface area (TPSA) is 101 Å². The molecular formula is C30H44F3NO8. The van der Waals surface area contributed by atoms with Crippen LogP contribution in [0.25, 0.3) is 0 Å². The third kappa shape index (κ3) is 12.2. The van der Waals surface area contributed by atoms with Gasteiger partial charge in [0.1, 0.15) is 17.3 Å². The average Bonchev–Trinajstić information content (AvgIpc) is 2.85. The Morgan fingerprint density at radius 2 is 1.50 bits per heavy atom. The summed E-state index contributed by atoms with van der Waals surface area (Å²) in [6.07, 6.45) is -9.23. The van der Waals surface area contributed by atoms with E-state index in [0.717, 1.165) is 11.1 Å². The standard InChI is InChI=1S/C30H44F3NO8/c1-19-10-12-21(13-11-19)16-22-17-38-18-23(25(35)40-20(2)24(22)39-15-9-14-30(31,32)33)34(26(36)41-28(3,4)5)27(37)42-29(6,7)8/h10-13,20,22-24H,9,14-18H2,1-8H3. The highest BCUT2D eigenvalue weighted by atomic mass is 19.4. The summed E-state index contributed by atoms with van der Waals surface area (Å²) in [6, 6.07) is 6.16. The maximum atomic E-state index is 13.5. The van der Waals surface area contributed by atoms with Crippen LogP contribution in [0.3, 0.4) is 0 Å². The summed E-state index contributed by atoms with van der Waals surface area (Å²) in [5.74, 6) is -1.41. The van der Waals surface area contributed by atoms with Gasteiger partial charge < -0.3 is 23.7 Å². The molecule has 2 rings (SSSR count). The van der Waals surface area contributed by atoms with Gasteiger partial charge in [-0.15, -0.1) is 0 Å². The fourth-order valence-electron chi connectivity index (χ4n) is 4.30. The Hall–Kier alpha value is -2.86. The molecule has 1 aliphatic rings. The number of rotatable bonds is 7. The number of cyclic esters (lactones) is 1. The van der Waals surface area contributed by atoms with Crippen molar-refractivity contribution in [2.24, 2.45) is 5.92 Å². The van der Waals surface area contributed by atoms with Crippen molar-refractivity contribution in [3.63, 3.8) is 0 Å². The molecule has 42 heavy (non-hydrogen) atoms. The maximum Gasteiger partial charge on any atom is 0.420 e. The number of benzene rings is 1. The zero-order valence-corrected chi connectivity index (χ0v) is 25.7. The van der Waals surface area contributed by atoms with Gasteiger partial charge in [-0.3, -0.25) is 0 Å². The Balaban J connectivity index is 2.38. The van der Waals surface area contributed by atoms with Crippen molar-refractivity contribution in [2.75, 3.05) is 19.8 Å². The van der Waals surface area contributed by atoms with Crippen LogP contribution in [0.2, 0.25) is 0 Å². The van der Waals surface area contributed by atoms with Crippen molar-refractivity contribution in [1.82, 2.24) is 4.90 Å². The maximum absolute atomic E-state index is 13.5. The lowest BCUT2D eigenvalue weighted by molar-refractivity contribution is -0.165. The fourth-order valence-corrected chi connectivity index (χ4v) is 4.30. The number of alkyl halides is 3. The molecule has 0 N–H and O–H groups in total. The van der Waals surface area contributed by atoms with Crippen molar-refractivity contribution >= 4 is 18.2 Å². The number of esters is 1. The Kier molecular flexibility index (Phi) is 12.2. The number of carbonyl (C=O) groups is 3. The second-order valence-corrected chi connectivity index (χ2v) is 12.5. The lowest BCUT2D eigenvalue weighted by atomic mass is 9.91. The van der Waals surface area contributed by atoms with E-state index in [1.54, 1.807) is 48.5 Å². The van der Waals surface area contributed by atoms with E-state index in [-0.39, 0.29) is 19.6 Å². The summed E-state index contributed by atoms with van der Waals surface area (Å²) in [6.45, 7) is 12.5. The van der Waals surface area contributed by atoms with Crippen LogP contribution < -0.4 is 0 Å². The van der Waals surface area contributed by atoms with Crippen LogP contribution in [-0.4, -0.2) is 78.5 Å². The van der Waals surface area contributed by atoms with Gasteiger partial charge in [-0.05, 0) is 73.8 Å². The van der Waals surface area contributed by atoms with Crippen LogP contribution in [0.5, 0.6) is 0 Å². The van der Waals surface area contributed by atoms with Gasteiger partial charge in [0.15, 0.2) is 6.04 Å². The molecule has 1 fully saturated rings. The van der Waals surface area contributed by atoms with E-state index in [4.69, 9.17) is 23.7 Å². The number of hydrogen-bond donors (Lipinski definition) is 0. The normalized spacial score (nSPS) is 22.3. The molecule has 1 aliphatic heterocycles. The molecule has 0 aliphatic carbocycles. The van der Waals surface area contributed by atoms with Crippen LogP contribution in [0, 0.1) is 12.8 Å². The first-order chi connectivity index (χ1) is 19.3. The lowest BCUT2D eigenvalue weighted by Crippen LogP contribution is -2.54. The molecule has 0 spiro atoms. The Bertz CT molecular complexity index is 1020. The Morgan fingerprint density at radius 1 is 0.952 bits per heavy atom. The van der Waals surface area contributed by atoms with Gasteiger partial charge >= 0.3 is 24.3 Å². The van der Waals surface area contributed by atoms with Gasteiger partial charge in [-0.25, -0.2) is 14.4 Å². The highest BCUT2D eigenvalue weighted by Crippen LogP contribution is 2.27. The molecule has 4 unspecified atom stereocenters. The molecule has 1 aromatic carbocycles. The van der Waals surface area contributed by atoms with E-state index in [2.05, 4.69) is 0 Å². The number of imide groups is 1. The first-order valence-corrected chi connectivity index (χ1v) is 14.0. The predicted octanol–water partition coefficient (Wildman–Crippen LogP) is 6.38. The monoisotopic (exact) mass is 603 g/mol. The summed E-state index contributed by atoms with van der Waals surface area (Å²) >= 11 is 0. The Morgan fingerprint density at radius 3 is 2.00 bits per heavy atom. The molecule has 238 valence electrons. The molecule has 0 radical (unpaired) electrons. The largest absolute Gasteiger partial charge is 0.458 e. The van der Waals surface area contributed by atoms with Crippen molar-refractivity contribution < 1.29 is 51.2 Å². The predicted molar refractivity (Wildman–Crippen MR) is 148 cm³/mol. The van der Waals surface area contributed by atoms with E-state index in [0.29, 0.717) is 11.3 Å². The van der Waals surface area contributed by atoms with Crippen LogP contribution >= 0.6 is 0 Å². The van der Waals surface area contributed by atoms with E-state index in [1.807, 2.05) is 31.2 Å². The first kappa shape index (κ1) is 35.3. The third-order valence-electron chi connectivity index (χ3n) is 6.13. The molecule has 0 bridgehead atoms. The number of amides is 2. The number of halogens is 3. The number of aryl methyl sites for hydroxylation is 1. The van der Waals surface area contributed by atoms with Gasteiger partial charge in [-0.1, -0.05) is 29.8 Å². The zero-order chi connectivity index (χ0) is 31.9. The van der Waals surface area contributed by atoms with Crippen molar-refractivity contribution in [1.29, 1.82) is 0 Å². The first-order valence-electron chi connectivity index (χ1n) is 14.0. The van der Waals surface area contributed by atoms with Crippen LogP contribution in [0.15, 0.2) is 24.3 Å². The SMILES string of the molecule is Cc1ccc(CC2COCC(N(C(=O)OC(C)(C)C)C(=O)OC(C)(C)C)C(=O)OC(C)C2OCCCC(F)(F)F)cc1. The van der Waals surface area contributed by atoms with E-state index >= 15 is 0 Å². The minimum Gasteiger partial charge on any atom is -0.458 e. The number of nitrogens with zero attached hydrogens (tertiary/aromatic N) is 1. The highest BCUT2D eigenvalue weighted by molar-refractivity contribution is 5.94. The molecule has 1 saturated heterocycles. The molecule has 1 heterocycles. The smallest absolute Gasteiger partial charge is 0.420 e. The molecular weight excluding hydrogens is 559 g/mol. The molecule has 4 atom stereocenters. The van der Waals surface area contributed by atoms with E-state index in [1.165, 1.54) is 0 Å². The second-order valence-electron chi connectivity index (χ2n) is 12.5. The fraction of sp³-hybridized carbons (Fsp3) is 0.700. The van der Waals surface area contributed by atoms with Crippen LogP contribution in [0.1, 0.15) is 72.4 Å². The summed E-state index contributed by atoms with van der Waals surface area (Å²) < 4.78 is 66.6. The van der Waals surface area contributed by atoms with Gasteiger partial charge in [0, 0.05) is 18.9 Å². The minimum atomic E-state index is -4.33. The van der Waals surface area contributed by atoms with Crippen molar-refractivity contribution in [3.05, 3.63) is 35.4 Å². The zero-order valence-electron chi connectivity index (χ0n) is 25.7. The average molecular weight is 604 g/mol. The number of ether oxygens (including phenoxy) is 5. The summed E-state index contributed by atoms with van der Waals surface area (Å²) in [5.41, 5.74) is -0.0133. The van der Waals surface area contributed by atoms with E-state index < -0.39 is 72.7 Å². The molecule has 0 saturated carbocycles. The third-order valence-corrected chi connectivity index (χ3v) is 6.13. The molecule has 2 amide bonds. The Labute approximate surface area is 245 Å². The summed E-state index contributed by atoms with van der Waals surface area (Å²) in [7, 11) is 0. The summed E-state index contributed by atoms with van der Waals surface area (Å²) in [4.78, 5) is 40.3. The summed E-state index contributed by atoms with van der Waals surface area (Å²) in [5, 5.41) is 0.